The summed E-state index contributed by atoms with van der Waals surface area (Å²) in [4.78, 5) is 31.9. The Morgan fingerprint density at radius 3 is 2.59 bits per heavy atom. The van der Waals surface area contributed by atoms with Crippen molar-refractivity contribution in [3.8, 4) is 17.2 Å². The van der Waals surface area contributed by atoms with Crippen LogP contribution in [0.2, 0.25) is 0 Å². The lowest BCUT2D eigenvalue weighted by atomic mass is 9.95. The number of fused-ring (bicyclic) bond motifs is 1. The third-order valence-corrected chi connectivity index (χ3v) is 5.87. The highest BCUT2D eigenvalue weighted by atomic mass is 16.6. The number of Topliss-reactive ketones (excluding diaryl/α,β-unsaturated/α-hetero) is 1. The molecule has 2 aliphatic heterocycles. The van der Waals surface area contributed by atoms with Gasteiger partial charge < -0.3 is 24.2 Å². The number of pyridine rings is 1. The molecule has 1 unspecified atom stereocenters. The molecule has 5 rings (SSSR count). The molecule has 2 aliphatic rings. The standard InChI is InChI=1S/C26H22N2O6/c1-32-19-4-2-3-17(13-19)23-22(24(29)18-5-6-20-21(14-18)34-12-11-33-20)25(30)26(31)28(23)15-16-7-9-27-10-8-16/h2-10,13-14,23,29H,11-12,15H2,1H3. The molecule has 3 aromatic rings. The van der Waals surface area contributed by atoms with Gasteiger partial charge in [0, 0.05) is 24.5 Å². The predicted octanol–water partition coefficient (Wildman–Crippen LogP) is 3.48. The minimum Gasteiger partial charge on any atom is -0.507 e. The van der Waals surface area contributed by atoms with Gasteiger partial charge in [0.1, 0.15) is 24.7 Å². The van der Waals surface area contributed by atoms with Gasteiger partial charge in [-0.2, -0.15) is 0 Å². The molecule has 34 heavy (non-hydrogen) atoms. The summed E-state index contributed by atoms with van der Waals surface area (Å²) in [5.74, 6) is -0.116. The van der Waals surface area contributed by atoms with Crippen molar-refractivity contribution in [2.75, 3.05) is 20.3 Å². The van der Waals surface area contributed by atoms with E-state index in [9.17, 15) is 14.7 Å². The Morgan fingerprint density at radius 1 is 1.06 bits per heavy atom. The molecule has 1 N–H and O–H groups in total. The van der Waals surface area contributed by atoms with E-state index < -0.39 is 17.7 Å². The van der Waals surface area contributed by atoms with Crippen molar-refractivity contribution in [2.45, 2.75) is 12.6 Å². The van der Waals surface area contributed by atoms with Crippen LogP contribution in [0, 0.1) is 0 Å². The maximum Gasteiger partial charge on any atom is 0.295 e. The second-order valence-electron chi connectivity index (χ2n) is 7.92. The van der Waals surface area contributed by atoms with Crippen LogP contribution in [0.3, 0.4) is 0 Å². The summed E-state index contributed by atoms with van der Waals surface area (Å²) in [5.41, 5.74) is 1.82. The van der Waals surface area contributed by atoms with Gasteiger partial charge in [-0.1, -0.05) is 12.1 Å². The van der Waals surface area contributed by atoms with Crippen LogP contribution >= 0.6 is 0 Å². The van der Waals surface area contributed by atoms with Crippen LogP contribution in [0.5, 0.6) is 17.2 Å². The molecule has 1 atom stereocenters. The fraction of sp³-hybridized carbons (Fsp3) is 0.192. The molecule has 8 heteroatoms. The number of aromatic nitrogens is 1. The average molecular weight is 458 g/mol. The van der Waals surface area contributed by atoms with Gasteiger partial charge in [0.25, 0.3) is 11.7 Å². The lowest BCUT2D eigenvalue weighted by Gasteiger charge is -2.26. The lowest BCUT2D eigenvalue weighted by molar-refractivity contribution is -0.140. The molecule has 1 saturated heterocycles. The van der Waals surface area contributed by atoms with E-state index >= 15 is 0 Å². The zero-order valence-corrected chi connectivity index (χ0v) is 18.4. The summed E-state index contributed by atoms with van der Waals surface area (Å²) in [6.07, 6.45) is 3.25. The first-order valence-electron chi connectivity index (χ1n) is 10.8. The minimum atomic E-state index is -0.809. The van der Waals surface area contributed by atoms with Gasteiger partial charge in [0.15, 0.2) is 11.5 Å². The van der Waals surface area contributed by atoms with E-state index in [1.54, 1.807) is 74.1 Å². The van der Waals surface area contributed by atoms with E-state index in [0.29, 0.717) is 41.6 Å². The number of likely N-dealkylation sites (tertiary alicyclic amines) is 1. The largest absolute Gasteiger partial charge is 0.507 e. The fourth-order valence-corrected chi connectivity index (χ4v) is 4.23. The zero-order valence-electron chi connectivity index (χ0n) is 18.4. The van der Waals surface area contributed by atoms with Gasteiger partial charge >= 0.3 is 0 Å². The third kappa shape index (κ3) is 3.83. The minimum absolute atomic E-state index is 0.00369. The topological polar surface area (TPSA) is 98.2 Å². The molecule has 0 saturated carbocycles. The van der Waals surface area contributed by atoms with E-state index in [1.165, 1.54) is 4.90 Å². The van der Waals surface area contributed by atoms with Gasteiger partial charge in [-0.05, 0) is 53.6 Å². The van der Waals surface area contributed by atoms with Crippen LogP contribution in [0.4, 0.5) is 0 Å². The Kier molecular flexibility index (Phi) is 5.63. The maximum atomic E-state index is 13.2. The molecule has 3 heterocycles. The number of hydrogen-bond donors (Lipinski definition) is 1. The molecule has 8 nitrogen and oxygen atoms in total. The van der Waals surface area contributed by atoms with E-state index in [1.807, 2.05) is 0 Å². The number of hydrogen-bond acceptors (Lipinski definition) is 7. The second kappa shape index (κ2) is 8.90. The summed E-state index contributed by atoms with van der Waals surface area (Å²) in [7, 11) is 1.54. The number of ketones is 1. The van der Waals surface area contributed by atoms with Crippen LogP contribution in [0.15, 0.2) is 72.6 Å². The van der Waals surface area contributed by atoms with Crippen molar-refractivity contribution < 1.29 is 28.9 Å². The highest BCUT2D eigenvalue weighted by Gasteiger charge is 2.46. The van der Waals surface area contributed by atoms with Gasteiger partial charge in [-0.25, -0.2) is 0 Å². The highest BCUT2D eigenvalue weighted by molar-refractivity contribution is 6.46. The van der Waals surface area contributed by atoms with Gasteiger partial charge in [-0.15, -0.1) is 0 Å². The van der Waals surface area contributed by atoms with Gasteiger partial charge in [0.05, 0.1) is 18.7 Å². The van der Waals surface area contributed by atoms with E-state index in [2.05, 4.69) is 4.98 Å². The molecule has 1 amide bonds. The number of carbonyl (C=O) groups excluding carboxylic acids is 2. The summed E-state index contributed by atoms with van der Waals surface area (Å²) >= 11 is 0. The number of carbonyl (C=O) groups is 2. The maximum absolute atomic E-state index is 13.2. The normalized spacial score (nSPS) is 18.7. The quantitative estimate of drug-likeness (QED) is 0.355. The van der Waals surface area contributed by atoms with Crippen molar-refractivity contribution in [3.05, 3.63) is 89.3 Å². The van der Waals surface area contributed by atoms with E-state index in [-0.39, 0.29) is 17.9 Å². The zero-order chi connectivity index (χ0) is 23.7. The molecule has 0 spiro atoms. The van der Waals surface area contributed by atoms with Crippen molar-refractivity contribution in [1.82, 2.24) is 9.88 Å². The number of ether oxygens (including phenoxy) is 3. The number of amides is 1. The van der Waals surface area contributed by atoms with Gasteiger partial charge in [-0.3, -0.25) is 14.6 Å². The van der Waals surface area contributed by atoms with E-state index in [4.69, 9.17) is 14.2 Å². The van der Waals surface area contributed by atoms with Crippen LogP contribution in [0.1, 0.15) is 22.7 Å². The molecule has 2 aromatic carbocycles. The molecular weight excluding hydrogens is 436 g/mol. The smallest absolute Gasteiger partial charge is 0.295 e. The predicted molar refractivity (Wildman–Crippen MR) is 123 cm³/mol. The van der Waals surface area contributed by atoms with Crippen molar-refractivity contribution >= 4 is 17.4 Å². The Morgan fingerprint density at radius 2 is 1.82 bits per heavy atom. The van der Waals surface area contributed by atoms with Gasteiger partial charge in [0.2, 0.25) is 0 Å². The van der Waals surface area contributed by atoms with Crippen LogP contribution in [-0.4, -0.2) is 47.0 Å². The number of benzene rings is 2. The van der Waals surface area contributed by atoms with Crippen molar-refractivity contribution in [2.24, 2.45) is 0 Å². The Hall–Kier alpha value is -4.33. The van der Waals surface area contributed by atoms with Crippen molar-refractivity contribution in [1.29, 1.82) is 0 Å². The molecule has 0 radical (unpaired) electrons. The summed E-state index contributed by atoms with van der Waals surface area (Å²) in [6.45, 7) is 0.999. The first-order valence-corrected chi connectivity index (χ1v) is 10.8. The molecule has 0 aliphatic carbocycles. The average Bonchev–Trinajstić information content (AvgIpc) is 3.13. The van der Waals surface area contributed by atoms with E-state index in [0.717, 1.165) is 5.56 Å². The number of rotatable bonds is 5. The van der Waals surface area contributed by atoms with Crippen LogP contribution in [-0.2, 0) is 16.1 Å². The lowest BCUT2D eigenvalue weighted by Crippen LogP contribution is -2.29. The first kappa shape index (κ1) is 21.5. The summed E-state index contributed by atoms with van der Waals surface area (Å²) < 4.78 is 16.5. The SMILES string of the molecule is COc1cccc(C2C(=C(O)c3ccc4c(c3)OCCO4)C(=O)C(=O)N2Cc2ccncc2)c1. The summed E-state index contributed by atoms with van der Waals surface area (Å²) in [6, 6.07) is 14.8. The second-order valence-corrected chi connectivity index (χ2v) is 7.92. The third-order valence-electron chi connectivity index (χ3n) is 5.87. The van der Waals surface area contributed by atoms with Crippen molar-refractivity contribution in [3.63, 3.8) is 0 Å². The number of nitrogens with zero attached hydrogens (tertiary/aromatic N) is 2. The molecule has 0 bridgehead atoms. The Balaban J connectivity index is 1.64. The monoisotopic (exact) mass is 458 g/mol. The number of aliphatic hydroxyl groups is 1. The number of aliphatic hydroxyl groups excluding tert-OH is 1. The molecule has 1 aromatic heterocycles. The molecule has 1 fully saturated rings. The summed E-state index contributed by atoms with van der Waals surface area (Å²) in [5, 5.41) is 11.3. The fourth-order valence-electron chi connectivity index (χ4n) is 4.23. The Labute approximate surface area is 196 Å². The first-order chi connectivity index (χ1) is 16.6. The Bertz CT molecular complexity index is 1290. The van der Waals surface area contributed by atoms with Crippen LogP contribution in [0.25, 0.3) is 5.76 Å². The number of methoxy groups -OCH3 is 1. The van der Waals surface area contributed by atoms with Crippen LogP contribution < -0.4 is 14.2 Å². The molecular formula is C26H22N2O6. The highest BCUT2D eigenvalue weighted by Crippen LogP contribution is 2.42. The molecule has 172 valence electrons.